The lowest BCUT2D eigenvalue weighted by atomic mass is 9.98. The Hall–Kier alpha value is -2.21. The maximum atomic E-state index is 12.3. The normalized spacial score (nSPS) is 11.8. The van der Waals surface area contributed by atoms with E-state index in [9.17, 15) is 4.79 Å². The van der Waals surface area contributed by atoms with Crippen molar-refractivity contribution in [2.24, 2.45) is 12.8 Å². The van der Waals surface area contributed by atoms with Crippen LogP contribution in [0.25, 0.3) is 0 Å². The number of nitrogens with two attached hydrogens (primary N) is 1. The van der Waals surface area contributed by atoms with Crippen LogP contribution in [0.15, 0.2) is 42.7 Å². The van der Waals surface area contributed by atoms with Crippen molar-refractivity contribution >= 4 is 23.1 Å². The molecule has 0 fully saturated rings. The molecule has 3 N–H and O–H groups in total. The van der Waals surface area contributed by atoms with Gasteiger partial charge in [0.05, 0.1) is 11.5 Å². The minimum Gasteiger partial charge on any atom is -0.392 e. The summed E-state index contributed by atoms with van der Waals surface area (Å²) < 4.78 is 1.85. The maximum Gasteiger partial charge on any atom is 0.234 e. The predicted molar refractivity (Wildman–Crippen MR) is 81.0 cm³/mol. The molecule has 2 aromatic rings. The summed E-state index contributed by atoms with van der Waals surface area (Å²) in [5, 5.41) is 2.82. The zero-order valence-corrected chi connectivity index (χ0v) is 11.9. The van der Waals surface area contributed by atoms with E-state index in [0.717, 1.165) is 11.4 Å². The zero-order valence-electron chi connectivity index (χ0n) is 11.1. The number of aromatic nitrogens is 2. The number of carbonyl (C=O) groups excluding carboxylic acids is 1. The van der Waals surface area contributed by atoms with Crippen LogP contribution in [0.5, 0.6) is 0 Å². The van der Waals surface area contributed by atoms with Gasteiger partial charge in [-0.1, -0.05) is 42.5 Å². The fraction of sp³-hybridized carbons (Fsp3) is 0.214. The van der Waals surface area contributed by atoms with E-state index in [1.807, 2.05) is 48.1 Å². The van der Waals surface area contributed by atoms with Gasteiger partial charge in [-0.05, 0) is 5.56 Å². The predicted octanol–water partition coefficient (Wildman–Crippen LogP) is 1.11. The topological polar surface area (TPSA) is 72.9 Å². The first-order valence-electron chi connectivity index (χ1n) is 6.17. The molecule has 0 aliphatic carbocycles. The standard InChI is InChI=1S/C14H16N4OS/c1-18-8-7-16-11(18)9-17-14(19)12(13(15)20)10-5-3-2-4-6-10/h2-8,12H,9H2,1H3,(H2,15,20)(H,17,19). The van der Waals surface area contributed by atoms with Gasteiger partial charge >= 0.3 is 0 Å². The molecule has 2 rings (SSSR count). The smallest absolute Gasteiger partial charge is 0.234 e. The largest absolute Gasteiger partial charge is 0.392 e. The average molecular weight is 288 g/mol. The lowest BCUT2D eigenvalue weighted by Gasteiger charge is -2.15. The number of nitrogens with zero attached hydrogens (tertiary/aromatic N) is 2. The highest BCUT2D eigenvalue weighted by Gasteiger charge is 2.23. The van der Waals surface area contributed by atoms with E-state index < -0.39 is 5.92 Å². The van der Waals surface area contributed by atoms with Crippen LogP contribution in [0.2, 0.25) is 0 Å². The second-order valence-electron chi connectivity index (χ2n) is 4.42. The molecule has 0 spiro atoms. The van der Waals surface area contributed by atoms with Crippen molar-refractivity contribution in [3.8, 4) is 0 Å². The number of aryl methyl sites for hydroxylation is 1. The number of thiocarbonyl (C=S) groups is 1. The average Bonchev–Trinajstić information content (AvgIpc) is 2.83. The first-order valence-corrected chi connectivity index (χ1v) is 6.58. The molecule has 0 aliphatic rings. The summed E-state index contributed by atoms with van der Waals surface area (Å²) in [6.07, 6.45) is 3.51. The highest BCUT2D eigenvalue weighted by atomic mass is 32.1. The molecule has 20 heavy (non-hydrogen) atoms. The van der Waals surface area contributed by atoms with E-state index >= 15 is 0 Å². The Balaban J connectivity index is 2.09. The van der Waals surface area contributed by atoms with Crippen LogP contribution in [0.1, 0.15) is 17.3 Å². The number of amides is 1. The summed E-state index contributed by atoms with van der Waals surface area (Å²) in [6.45, 7) is 0.342. The Kier molecular flexibility index (Phi) is 4.47. The summed E-state index contributed by atoms with van der Waals surface area (Å²) in [5.74, 6) is -0.0636. The molecule has 1 aromatic heterocycles. The first-order chi connectivity index (χ1) is 9.59. The Morgan fingerprint density at radius 1 is 1.45 bits per heavy atom. The molecule has 1 aromatic carbocycles. The Bertz CT molecular complexity index is 609. The van der Waals surface area contributed by atoms with E-state index in [1.54, 1.807) is 6.20 Å². The van der Waals surface area contributed by atoms with Gasteiger partial charge in [0.25, 0.3) is 0 Å². The molecule has 1 atom stereocenters. The number of imidazole rings is 1. The molecule has 104 valence electrons. The molecule has 5 nitrogen and oxygen atoms in total. The number of hydrogen-bond donors (Lipinski definition) is 2. The monoisotopic (exact) mass is 288 g/mol. The summed E-state index contributed by atoms with van der Waals surface area (Å²) in [5.41, 5.74) is 6.49. The van der Waals surface area contributed by atoms with Crippen LogP contribution in [0.4, 0.5) is 0 Å². The van der Waals surface area contributed by atoms with Crippen LogP contribution < -0.4 is 11.1 Å². The highest BCUT2D eigenvalue weighted by Crippen LogP contribution is 2.16. The lowest BCUT2D eigenvalue weighted by molar-refractivity contribution is -0.121. The molecule has 0 bridgehead atoms. The van der Waals surface area contributed by atoms with E-state index in [-0.39, 0.29) is 10.9 Å². The quantitative estimate of drug-likeness (QED) is 0.808. The van der Waals surface area contributed by atoms with Crippen molar-refractivity contribution in [1.82, 2.24) is 14.9 Å². The van der Waals surface area contributed by atoms with Gasteiger partial charge in [0.15, 0.2) is 0 Å². The molecule has 0 saturated carbocycles. The van der Waals surface area contributed by atoms with E-state index in [1.165, 1.54) is 0 Å². The first kappa shape index (κ1) is 14.2. The Morgan fingerprint density at radius 3 is 2.70 bits per heavy atom. The van der Waals surface area contributed by atoms with Gasteiger partial charge in [-0.15, -0.1) is 0 Å². The zero-order chi connectivity index (χ0) is 14.5. The fourth-order valence-corrected chi connectivity index (χ4v) is 2.17. The van der Waals surface area contributed by atoms with Gasteiger partial charge in [0.1, 0.15) is 11.7 Å². The minimum absolute atomic E-state index is 0.161. The lowest BCUT2D eigenvalue weighted by Crippen LogP contribution is -2.36. The van der Waals surface area contributed by atoms with E-state index in [4.69, 9.17) is 18.0 Å². The molecule has 0 radical (unpaired) electrons. The molecular formula is C14H16N4OS. The van der Waals surface area contributed by atoms with Crippen LogP contribution in [-0.2, 0) is 18.4 Å². The van der Waals surface area contributed by atoms with Gasteiger partial charge in [0.2, 0.25) is 5.91 Å². The molecule has 0 aliphatic heterocycles. The van der Waals surface area contributed by atoms with Crippen molar-refractivity contribution in [2.45, 2.75) is 12.5 Å². The van der Waals surface area contributed by atoms with Gasteiger partial charge in [-0.2, -0.15) is 0 Å². The Morgan fingerprint density at radius 2 is 2.15 bits per heavy atom. The number of benzene rings is 1. The fourth-order valence-electron chi connectivity index (χ4n) is 1.93. The van der Waals surface area contributed by atoms with Gasteiger partial charge in [-0.3, -0.25) is 4.79 Å². The van der Waals surface area contributed by atoms with E-state index in [0.29, 0.717) is 6.54 Å². The van der Waals surface area contributed by atoms with Crippen molar-refractivity contribution in [3.05, 3.63) is 54.1 Å². The molecule has 1 heterocycles. The van der Waals surface area contributed by atoms with Gasteiger partial charge in [-0.25, -0.2) is 4.98 Å². The second kappa shape index (κ2) is 6.29. The molecule has 0 saturated heterocycles. The third-order valence-corrected chi connectivity index (χ3v) is 3.26. The van der Waals surface area contributed by atoms with Gasteiger partial charge < -0.3 is 15.6 Å². The van der Waals surface area contributed by atoms with Crippen molar-refractivity contribution < 1.29 is 4.79 Å². The van der Waals surface area contributed by atoms with Crippen molar-refractivity contribution in [3.63, 3.8) is 0 Å². The SMILES string of the molecule is Cn1ccnc1CNC(=O)C(C(N)=S)c1ccccc1. The minimum atomic E-state index is -0.619. The van der Waals surface area contributed by atoms with Crippen LogP contribution in [-0.4, -0.2) is 20.4 Å². The molecule has 1 unspecified atom stereocenters. The van der Waals surface area contributed by atoms with Crippen LogP contribution in [0.3, 0.4) is 0 Å². The number of rotatable bonds is 5. The number of carbonyl (C=O) groups is 1. The highest BCUT2D eigenvalue weighted by molar-refractivity contribution is 7.80. The number of nitrogens with one attached hydrogen (secondary N) is 1. The summed E-state index contributed by atoms with van der Waals surface area (Å²) >= 11 is 5.01. The van der Waals surface area contributed by atoms with Crippen LogP contribution >= 0.6 is 12.2 Å². The third kappa shape index (κ3) is 3.21. The Labute approximate surface area is 122 Å². The molecule has 1 amide bonds. The van der Waals surface area contributed by atoms with Crippen molar-refractivity contribution in [2.75, 3.05) is 0 Å². The number of hydrogen-bond acceptors (Lipinski definition) is 3. The molecular weight excluding hydrogens is 272 g/mol. The summed E-state index contributed by atoms with van der Waals surface area (Å²) in [7, 11) is 1.87. The molecule has 6 heteroatoms. The van der Waals surface area contributed by atoms with E-state index in [2.05, 4.69) is 10.3 Å². The maximum absolute atomic E-state index is 12.3. The van der Waals surface area contributed by atoms with Crippen LogP contribution in [0, 0.1) is 0 Å². The van der Waals surface area contributed by atoms with Crippen molar-refractivity contribution in [1.29, 1.82) is 0 Å². The van der Waals surface area contributed by atoms with Gasteiger partial charge in [0, 0.05) is 19.4 Å². The second-order valence-corrected chi connectivity index (χ2v) is 4.89. The summed E-state index contributed by atoms with van der Waals surface area (Å²) in [4.78, 5) is 16.6. The third-order valence-electron chi connectivity index (χ3n) is 3.02. The summed E-state index contributed by atoms with van der Waals surface area (Å²) in [6, 6.07) is 9.26.